The summed E-state index contributed by atoms with van der Waals surface area (Å²) in [7, 11) is 0. The molecule has 0 spiro atoms. The fraction of sp³-hybridized carbons (Fsp3) is 0.441. The molecule has 1 aliphatic heterocycles. The van der Waals surface area contributed by atoms with E-state index in [4.69, 9.17) is 25.8 Å². The van der Waals surface area contributed by atoms with E-state index < -0.39 is 5.60 Å². The zero-order valence-electron chi connectivity index (χ0n) is 27.0. The second-order valence-corrected chi connectivity index (χ2v) is 14.2. The fourth-order valence-electron chi connectivity index (χ4n) is 4.71. The summed E-state index contributed by atoms with van der Waals surface area (Å²) < 4.78 is 17.1. The Kier molecular flexibility index (Phi) is 11.0. The number of ether oxygens (including phenoxy) is 3. The first-order chi connectivity index (χ1) is 22.4. The molecule has 47 heavy (non-hydrogen) atoms. The summed E-state index contributed by atoms with van der Waals surface area (Å²) >= 11 is 7.74. The summed E-state index contributed by atoms with van der Waals surface area (Å²) in [6.07, 6.45) is 10.1. The van der Waals surface area contributed by atoms with Gasteiger partial charge in [0.25, 0.3) is 17.0 Å². The van der Waals surface area contributed by atoms with Crippen molar-refractivity contribution in [3.63, 3.8) is 0 Å². The summed E-state index contributed by atoms with van der Waals surface area (Å²) in [5.41, 5.74) is -0.0955. The lowest BCUT2D eigenvalue weighted by molar-refractivity contribution is 0.0199. The van der Waals surface area contributed by atoms with Crippen molar-refractivity contribution in [3.05, 3.63) is 70.0 Å². The van der Waals surface area contributed by atoms with E-state index in [2.05, 4.69) is 20.6 Å². The number of aromatic nitrogens is 2. The average Bonchev–Trinajstić information content (AvgIpc) is 3.76. The highest BCUT2D eigenvalue weighted by Crippen LogP contribution is 2.35. The minimum Gasteiger partial charge on any atom is -0.493 e. The molecule has 1 aliphatic carbocycles. The van der Waals surface area contributed by atoms with Crippen molar-refractivity contribution in [1.82, 2.24) is 25.5 Å². The number of carbonyl (C=O) groups is 3. The number of rotatable bonds is 11. The zero-order valence-corrected chi connectivity index (χ0v) is 28.5. The maximum absolute atomic E-state index is 13.0. The van der Waals surface area contributed by atoms with E-state index in [0.717, 1.165) is 4.88 Å². The maximum Gasteiger partial charge on any atom is 0.410 e. The minimum absolute atomic E-state index is 0.114. The number of amides is 3. The molecule has 2 fully saturated rings. The molecule has 1 atom stereocenters. The smallest absolute Gasteiger partial charge is 0.410 e. The van der Waals surface area contributed by atoms with Crippen LogP contribution in [-0.4, -0.2) is 70.2 Å². The Balaban J connectivity index is 1.08. The first kappa shape index (κ1) is 34.2. The summed E-state index contributed by atoms with van der Waals surface area (Å²) in [4.78, 5) is 49.2. The number of thiazole rings is 1. The molecule has 3 amide bonds. The number of hydrogen-bond donors (Lipinski definition) is 2. The van der Waals surface area contributed by atoms with Crippen molar-refractivity contribution < 1.29 is 28.6 Å². The van der Waals surface area contributed by atoms with E-state index in [-0.39, 0.29) is 35.7 Å². The Morgan fingerprint density at radius 1 is 1.09 bits per heavy atom. The van der Waals surface area contributed by atoms with Crippen LogP contribution < -0.4 is 20.1 Å². The van der Waals surface area contributed by atoms with Gasteiger partial charge < -0.3 is 29.7 Å². The first-order valence-corrected chi connectivity index (χ1v) is 16.9. The van der Waals surface area contributed by atoms with E-state index in [1.54, 1.807) is 29.3 Å². The van der Waals surface area contributed by atoms with Gasteiger partial charge in [0.2, 0.25) is 0 Å². The van der Waals surface area contributed by atoms with E-state index in [0.29, 0.717) is 65.7 Å². The number of benzene rings is 1. The number of pyridine rings is 1. The Bertz CT molecular complexity index is 1610. The van der Waals surface area contributed by atoms with E-state index in [1.165, 1.54) is 36.4 Å². The molecule has 11 nitrogen and oxygen atoms in total. The van der Waals surface area contributed by atoms with Crippen LogP contribution in [0.5, 0.6) is 16.7 Å². The Morgan fingerprint density at radius 2 is 1.85 bits per heavy atom. The van der Waals surface area contributed by atoms with Gasteiger partial charge in [-0.15, -0.1) is 0 Å². The molecule has 2 aliphatic rings. The van der Waals surface area contributed by atoms with Gasteiger partial charge in [-0.2, -0.15) is 0 Å². The molecule has 0 radical (unpaired) electrons. The number of nitrogens with zero attached hydrogens (tertiary/aromatic N) is 3. The molecular weight excluding hydrogens is 642 g/mol. The lowest BCUT2D eigenvalue weighted by Crippen LogP contribution is -2.47. The molecule has 2 N–H and O–H groups in total. The normalized spacial score (nSPS) is 16.1. The fourth-order valence-corrected chi connectivity index (χ4v) is 5.61. The van der Waals surface area contributed by atoms with Gasteiger partial charge in [-0.1, -0.05) is 29.0 Å². The third kappa shape index (κ3) is 10.4. The second-order valence-electron chi connectivity index (χ2n) is 12.7. The van der Waals surface area contributed by atoms with Gasteiger partial charge in [-0.25, -0.2) is 9.78 Å². The van der Waals surface area contributed by atoms with Crippen LogP contribution in [-0.2, 0) is 4.74 Å². The van der Waals surface area contributed by atoms with Crippen molar-refractivity contribution in [3.8, 4) is 16.7 Å². The summed E-state index contributed by atoms with van der Waals surface area (Å²) in [6, 6.07) is 7.95. The second kappa shape index (κ2) is 15.2. The lowest BCUT2D eigenvalue weighted by Gasteiger charge is -2.33. The Hall–Kier alpha value is -4.16. The molecule has 13 heteroatoms. The molecule has 1 saturated carbocycles. The molecule has 0 unspecified atom stereocenters. The van der Waals surface area contributed by atoms with Crippen LogP contribution in [0, 0.1) is 5.92 Å². The summed E-state index contributed by atoms with van der Waals surface area (Å²) in [5.74, 6) is 1.15. The maximum atomic E-state index is 13.0. The van der Waals surface area contributed by atoms with Crippen molar-refractivity contribution >= 4 is 46.9 Å². The highest BCUT2D eigenvalue weighted by molar-refractivity contribution is 7.14. The standard InChI is InChI=1S/C34H40ClN5O6S/c1-21(5-9-26-19-37-32(47-26)45-29-10-8-25(18-27(29)35)44-20-22-6-7-22)38-30(41)23-11-14-36-28(17-23)31(42)39-24-12-15-40(16-13-24)33(43)46-34(2,3)4/h5,8-11,14,17-19,21-22,24H,6-7,12-13,15-16,20H2,1-4H3,(H,38,41)(H,39,42)/b9-5+/t21-/m0/s1. The quantitative estimate of drug-likeness (QED) is 0.228. The van der Waals surface area contributed by atoms with Crippen molar-refractivity contribution in [2.24, 2.45) is 5.92 Å². The van der Waals surface area contributed by atoms with Crippen LogP contribution in [0.2, 0.25) is 5.02 Å². The van der Waals surface area contributed by atoms with Crippen molar-refractivity contribution in [1.29, 1.82) is 0 Å². The van der Waals surface area contributed by atoms with Crippen LogP contribution in [0.3, 0.4) is 0 Å². The molecule has 1 saturated heterocycles. The van der Waals surface area contributed by atoms with E-state index in [9.17, 15) is 14.4 Å². The molecule has 1 aromatic carbocycles. The number of hydrogen-bond acceptors (Lipinski definition) is 9. The van der Waals surface area contributed by atoms with Crippen LogP contribution in [0.4, 0.5) is 4.79 Å². The highest BCUT2D eigenvalue weighted by Gasteiger charge is 2.28. The number of halogens is 1. The van der Waals surface area contributed by atoms with Gasteiger partial charge in [-0.05, 0) is 89.6 Å². The number of piperidine rings is 1. The predicted octanol–water partition coefficient (Wildman–Crippen LogP) is 6.73. The van der Waals surface area contributed by atoms with Crippen molar-refractivity contribution in [2.75, 3.05) is 19.7 Å². The first-order valence-electron chi connectivity index (χ1n) is 15.7. The van der Waals surface area contributed by atoms with Gasteiger partial charge in [0.1, 0.15) is 22.8 Å². The highest BCUT2D eigenvalue weighted by atomic mass is 35.5. The molecule has 5 rings (SSSR count). The topological polar surface area (TPSA) is 132 Å². The molecule has 2 aromatic heterocycles. The number of carbonyl (C=O) groups excluding carboxylic acids is 3. The van der Waals surface area contributed by atoms with Gasteiger partial charge in [-0.3, -0.25) is 14.6 Å². The molecular formula is C34H40ClN5O6S. The van der Waals surface area contributed by atoms with Crippen LogP contribution in [0.25, 0.3) is 6.08 Å². The third-order valence-corrected chi connectivity index (χ3v) is 8.57. The van der Waals surface area contributed by atoms with Gasteiger partial charge in [0, 0.05) is 49.2 Å². The Morgan fingerprint density at radius 3 is 2.55 bits per heavy atom. The molecule has 3 aromatic rings. The third-order valence-electron chi connectivity index (χ3n) is 7.43. The molecule has 0 bridgehead atoms. The number of likely N-dealkylation sites (tertiary alicyclic amines) is 1. The molecule has 250 valence electrons. The monoisotopic (exact) mass is 681 g/mol. The summed E-state index contributed by atoms with van der Waals surface area (Å²) in [5, 5.41) is 6.77. The van der Waals surface area contributed by atoms with Crippen LogP contribution >= 0.6 is 22.9 Å². The lowest BCUT2D eigenvalue weighted by atomic mass is 10.0. The van der Waals surface area contributed by atoms with Crippen LogP contribution in [0.1, 0.15) is 79.1 Å². The van der Waals surface area contributed by atoms with Gasteiger partial charge in [0.15, 0.2) is 0 Å². The van der Waals surface area contributed by atoms with Crippen LogP contribution in [0.15, 0.2) is 48.8 Å². The average molecular weight is 682 g/mol. The van der Waals surface area contributed by atoms with Gasteiger partial charge >= 0.3 is 6.09 Å². The SMILES string of the molecule is C[C@@H](/C=C/c1cnc(Oc2ccc(OCC3CC3)cc2Cl)s1)NC(=O)c1ccnc(C(=O)NC2CCN(C(=O)OC(C)(C)C)CC2)c1. The summed E-state index contributed by atoms with van der Waals surface area (Å²) in [6.45, 7) is 9.00. The Labute approximate surface area is 283 Å². The molecule has 3 heterocycles. The number of nitrogens with one attached hydrogen (secondary N) is 2. The van der Waals surface area contributed by atoms with E-state index >= 15 is 0 Å². The van der Waals surface area contributed by atoms with E-state index in [1.807, 2.05) is 45.9 Å². The van der Waals surface area contributed by atoms with Crippen molar-refractivity contribution in [2.45, 2.75) is 71.1 Å². The largest absolute Gasteiger partial charge is 0.493 e. The zero-order chi connectivity index (χ0) is 33.6. The van der Waals surface area contributed by atoms with Gasteiger partial charge in [0.05, 0.1) is 16.5 Å². The minimum atomic E-state index is -0.561. The predicted molar refractivity (Wildman–Crippen MR) is 180 cm³/mol.